The Labute approximate surface area is 143 Å². The van der Waals surface area contributed by atoms with Crippen molar-refractivity contribution in [3.8, 4) is 0 Å². The van der Waals surface area contributed by atoms with Crippen LogP contribution in [0.5, 0.6) is 0 Å². The number of carbonyl (C=O) groups is 1. The highest BCUT2D eigenvalue weighted by atomic mass is 16.5. The quantitative estimate of drug-likeness (QED) is 0.937. The third-order valence-electron chi connectivity index (χ3n) is 5.17. The Kier molecular flexibility index (Phi) is 4.71. The summed E-state index contributed by atoms with van der Waals surface area (Å²) in [5.41, 5.74) is 2.37. The molecule has 3 rings (SSSR count). The van der Waals surface area contributed by atoms with E-state index < -0.39 is 5.41 Å². The van der Waals surface area contributed by atoms with Gasteiger partial charge in [-0.05, 0) is 51.9 Å². The fourth-order valence-corrected chi connectivity index (χ4v) is 3.53. The number of hydrogen-bond donors (Lipinski definition) is 1. The number of piperidine rings is 1. The highest BCUT2D eigenvalue weighted by Crippen LogP contribution is 2.37. The summed E-state index contributed by atoms with van der Waals surface area (Å²) >= 11 is 0. The number of aromatic nitrogens is 1. The summed E-state index contributed by atoms with van der Waals surface area (Å²) in [5, 5.41) is 7.01. The second-order valence-electron chi connectivity index (χ2n) is 6.63. The molecule has 2 aromatic rings. The maximum Gasteiger partial charge on any atom is 0.237 e. The van der Waals surface area contributed by atoms with Gasteiger partial charge >= 0.3 is 0 Å². The number of anilines is 1. The van der Waals surface area contributed by atoms with Crippen molar-refractivity contribution < 1.29 is 9.32 Å². The molecule has 24 heavy (non-hydrogen) atoms. The summed E-state index contributed by atoms with van der Waals surface area (Å²) in [7, 11) is 2.10. The third-order valence-corrected chi connectivity index (χ3v) is 5.17. The van der Waals surface area contributed by atoms with Crippen LogP contribution in [0.4, 0.5) is 5.88 Å². The van der Waals surface area contributed by atoms with Crippen molar-refractivity contribution in [3.63, 3.8) is 0 Å². The highest BCUT2D eigenvalue weighted by Gasteiger charge is 2.42. The number of likely N-dealkylation sites (tertiary alicyclic amines) is 1. The number of benzene rings is 1. The summed E-state index contributed by atoms with van der Waals surface area (Å²) < 4.78 is 5.36. The monoisotopic (exact) mass is 327 g/mol. The molecule has 2 heterocycles. The minimum absolute atomic E-state index is 0.00708. The van der Waals surface area contributed by atoms with Crippen molar-refractivity contribution in [3.05, 3.63) is 47.2 Å². The first-order valence-corrected chi connectivity index (χ1v) is 8.57. The minimum Gasteiger partial charge on any atom is -0.338 e. The number of nitrogens with zero attached hydrogens (tertiary/aromatic N) is 2. The van der Waals surface area contributed by atoms with E-state index in [9.17, 15) is 4.79 Å². The maximum atomic E-state index is 13.3. The number of carbonyl (C=O) groups excluding carboxylic acids is 1. The molecule has 1 aromatic carbocycles. The van der Waals surface area contributed by atoms with Gasteiger partial charge in [-0.2, -0.15) is 0 Å². The van der Waals surface area contributed by atoms with Crippen LogP contribution in [0.15, 0.2) is 34.9 Å². The van der Waals surface area contributed by atoms with Crippen molar-refractivity contribution in [2.45, 2.75) is 38.5 Å². The summed E-state index contributed by atoms with van der Waals surface area (Å²) in [5.74, 6) is 0.502. The first-order chi connectivity index (χ1) is 11.6. The Hall–Kier alpha value is -2.14. The summed E-state index contributed by atoms with van der Waals surface area (Å²) in [6, 6.07) is 10.1. The molecule has 5 nitrogen and oxygen atoms in total. The molecule has 0 bridgehead atoms. The Morgan fingerprint density at radius 1 is 1.29 bits per heavy atom. The molecule has 1 saturated heterocycles. The fourth-order valence-electron chi connectivity index (χ4n) is 3.53. The lowest BCUT2D eigenvalue weighted by Gasteiger charge is -2.39. The van der Waals surface area contributed by atoms with E-state index in [1.54, 1.807) is 0 Å². The van der Waals surface area contributed by atoms with E-state index in [2.05, 4.69) is 34.6 Å². The Bertz CT molecular complexity index is 701. The Morgan fingerprint density at radius 3 is 2.58 bits per heavy atom. The normalized spacial score (nSPS) is 17.6. The summed E-state index contributed by atoms with van der Waals surface area (Å²) in [6.45, 7) is 5.75. The number of hydrogen-bond acceptors (Lipinski definition) is 4. The van der Waals surface area contributed by atoms with Crippen LogP contribution in [0.25, 0.3) is 0 Å². The second kappa shape index (κ2) is 6.77. The average Bonchev–Trinajstić information content (AvgIpc) is 2.96. The van der Waals surface area contributed by atoms with Gasteiger partial charge in [-0.25, -0.2) is 0 Å². The van der Waals surface area contributed by atoms with Gasteiger partial charge in [0.2, 0.25) is 11.8 Å². The molecule has 0 saturated carbocycles. The molecule has 0 atom stereocenters. The zero-order valence-corrected chi connectivity index (χ0v) is 14.6. The van der Waals surface area contributed by atoms with Crippen LogP contribution in [-0.4, -0.2) is 36.1 Å². The lowest BCUT2D eigenvalue weighted by molar-refractivity contribution is -0.123. The molecule has 0 unspecified atom stereocenters. The zero-order valence-electron chi connectivity index (χ0n) is 14.6. The van der Waals surface area contributed by atoms with Crippen molar-refractivity contribution in [1.29, 1.82) is 0 Å². The molecular formula is C19H25N3O2. The molecule has 1 aliphatic rings. The van der Waals surface area contributed by atoms with Crippen molar-refractivity contribution in [2.24, 2.45) is 0 Å². The first-order valence-electron chi connectivity index (χ1n) is 8.57. The van der Waals surface area contributed by atoms with Crippen LogP contribution in [0.1, 0.15) is 36.6 Å². The first kappa shape index (κ1) is 16.7. The summed E-state index contributed by atoms with van der Waals surface area (Å²) in [4.78, 5) is 15.5. The lowest BCUT2D eigenvalue weighted by atomic mass is 9.72. The van der Waals surface area contributed by atoms with Gasteiger partial charge in [0.15, 0.2) is 0 Å². The largest absolute Gasteiger partial charge is 0.338 e. The topological polar surface area (TPSA) is 58.4 Å². The van der Waals surface area contributed by atoms with Gasteiger partial charge in [0.1, 0.15) is 0 Å². The molecule has 1 amide bonds. The SMILES string of the molecule is CCc1c(C)noc1NC(=O)C1(c2ccccc2)CCN(C)CC1. The van der Waals surface area contributed by atoms with Crippen LogP contribution in [0.3, 0.4) is 0 Å². The average molecular weight is 327 g/mol. The molecule has 1 N–H and O–H groups in total. The van der Waals surface area contributed by atoms with Crippen molar-refractivity contribution >= 4 is 11.8 Å². The summed E-state index contributed by atoms with van der Waals surface area (Å²) in [6.07, 6.45) is 2.38. The standard InChI is InChI=1S/C19H25N3O2/c1-4-16-14(2)21-24-17(16)20-18(23)19(10-12-22(3)13-11-19)15-8-6-5-7-9-15/h5-9H,4,10-13H2,1-3H3,(H,20,23). The van der Waals surface area contributed by atoms with Crippen LogP contribution < -0.4 is 5.32 Å². The molecule has 0 radical (unpaired) electrons. The minimum atomic E-state index is -0.514. The third kappa shape index (κ3) is 2.96. The second-order valence-corrected chi connectivity index (χ2v) is 6.63. The van der Waals surface area contributed by atoms with E-state index in [-0.39, 0.29) is 5.91 Å². The van der Waals surface area contributed by atoms with Crippen molar-refractivity contribution in [1.82, 2.24) is 10.1 Å². The van der Waals surface area contributed by atoms with E-state index in [0.717, 1.165) is 49.2 Å². The molecule has 1 fully saturated rings. The van der Waals surface area contributed by atoms with Gasteiger partial charge in [0.05, 0.1) is 11.1 Å². The number of rotatable bonds is 4. The number of nitrogens with one attached hydrogen (secondary N) is 1. The Balaban J connectivity index is 1.92. The van der Waals surface area contributed by atoms with E-state index in [4.69, 9.17) is 4.52 Å². The lowest BCUT2D eigenvalue weighted by Crippen LogP contribution is -2.48. The molecule has 1 aliphatic heterocycles. The van der Waals surface area contributed by atoms with Gasteiger partial charge in [-0.15, -0.1) is 0 Å². The highest BCUT2D eigenvalue weighted by molar-refractivity contribution is 5.99. The van der Waals surface area contributed by atoms with E-state index in [0.29, 0.717) is 5.88 Å². The number of amides is 1. The van der Waals surface area contributed by atoms with Crippen LogP contribution >= 0.6 is 0 Å². The predicted molar refractivity (Wildman–Crippen MR) is 94.1 cm³/mol. The Morgan fingerprint density at radius 2 is 1.96 bits per heavy atom. The van der Waals surface area contributed by atoms with Crippen LogP contribution in [-0.2, 0) is 16.6 Å². The van der Waals surface area contributed by atoms with Gasteiger partial charge in [0.25, 0.3) is 0 Å². The molecule has 5 heteroatoms. The van der Waals surface area contributed by atoms with Gasteiger partial charge < -0.3 is 9.42 Å². The van der Waals surface area contributed by atoms with Gasteiger partial charge in [-0.3, -0.25) is 10.1 Å². The van der Waals surface area contributed by atoms with Gasteiger partial charge in [-0.1, -0.05) is 42.4 Å². The predicted octanol–water partition coefficient (Wildman–Crippen LogP) is 3.15. The zero-order chi connectivity index (χ0) is 17.2. The molecule has 1 aromatic heterocycles. The van der Waals surface area contributed by atoms with E-state index >= 15 is 0 Å². The van der Waals surface area contributed by atoms with Crippen LogP contribution in [0, 0.1) is 6.92 Å². The fraction of sp³-hybridized carbons (Fsp3) is 0.474. The van der Waals surface area contributed by atoms with E-state index in [1.807, 2.05) is 32.0 Å². The van der Waals surface area contributed by atoms with Gasteiger partial charge in [0, 0.05) is 5.56 Å². The molecule has 0 aliphatic carbocycles. The smallest absolute Gasteiger partial charge is 0.237 e. The maximum absolute atomic E-state index is 13.3. The molecule has 0 spiro atoms. The molecular weight excluding hydrogens is 302 g/mol. The van der Waals surface area contributed by atoms with Crippen LogP contribution in [0.2, 0.25) is 0 Å². The van der Waals surface area contributed by atoms with E-state index in [1.165, 1.54) is 0 Å². The van der Waals surface area contributed by atoms with Crippen molar-refractivity contribution in [2.75, 3.05) is 25.5 Å². The number of aryl methyl sites for hydroxylation is 1. The molecule has 128 valence electrons.